The van der Waals surface area contributed by atoms with Gasteiger partial charge in [0.1, 0.15) is 0 Å². The number of carbonyl (C=O) groups is 1. The summed E-state index contributed by atoms with van der Waals surface area (Å²) in [6.07, 6.45) is 2.46. The molecular weight excluding hydrogens is 260 g/mol. The maximum Gasteiger partial charge on any atom is 0.221 e. The first kappa shape index (κ1) is 15.3. The van der Waals surface area contributed by atoms with Crippen molar-refractivity contribution in [3.63, 3.8) is 0 Å². The lowest BCUT2D eigenvalue weighted by atomic mass is 10.0. The third-order valence-corrected chi connectivity index (χ3v) is 3.43. The van der Waals surface area contributed by atoms with E-state index in [2.05, 4.69) is 53.8 Å². The van der Waals surface area contributed by atoms with Crippen molar-refractivity contribution in [3.8, 4) is 0 Å². The van der Waals surface area contributed by atoms with Crippen LogP contribution in [-0.4, -0.2) is 12.5 Å². The standard InChI is InChI=1S/C18H22N2O/c19-13-12-18(21)20-14-17-10-8-16(9-11-17)7-6-15-4-2-1-3-5-15/h1-5,8-11H,6-7,12-14,19H2,(H,20,21). The van der Waals surface area contributed by atoms with Gasteiger partial charge in [-0.15, -0.1) is 0 Å². The molecular formula is C18H22N2O. The average Bonchev–Trinajstić information content (AvgIpc) is 2.53. The molecule has 0 aliphatic carbocycles. The zero-order valence-corrected chi connectivity index (χ0v) is 12.2. The molecule has 21 heavy (non-hydrogen) atoms. The topological polar surface area (TPSA) is 55.1 Å². The van der Waals surface area contributed by atoms with E-state index in [9.17, 15) is 4.79 Å². The van der Waals surface area contributed by atoms with E-state index in [4.69, 9.17) is 5.73 Å². The first-order valence-electron chi connectivity index (χ1n) is 7.36. The highest BCUT2D eigenvalue weighted by Crippen LogP contribution is 2.09. The maximum atomic E-state index is 11.4. The SMILES string of the molecule is NCCC(=O)NCc1ccc(CCc2ccccc2)cc1. The van der Waals surface area contributed by atoms with Crippen LogP contribution in [0.3, 0.4) is 0 Å². The highest BCUT2D eigenvalue weighted by molar-refractivity contribution is 5.76. The second-order valence-corrected chi connectivity index (χ2v) is 5.12. The largest absolute Gasteiger partial charge is 0.352 e. The molecule has 0 atom stereocenters. The van der Waals surface area contributed by atoms with Gasteiger partial charge in [0.15, 0.2) is 0 Å². The Kier molecular flexibility index (Phi) is 5.98. The van der Waals surface area contributed by atoms with Crippen molar-refractivity contribution in [2.45, 2.75) is 25.8 Å². The van der Waals surface area contributed by atoms with Gasteiger partial charge in [-0.25, -0.2) is 0 Å². The Morgan fingerprint density at radius 1 is 0.857 bits per heavy atom. The van der Waals surface area contributed by atoms with Crippen LogP contribution in [-0.2, 0) is 24.2 Å². The average molecular weight is 282 g/mol. The van der Waals surface area contributed by atoms with Crippen LogP contribution in [0.25, 0.3) is 0 Å². The first-order chi connectivity index (χ1) is 10.3. The zero-order valence-electron chi connectivity index (χ0n) is 12.2. The van der Waals surface area contributed by atoms with Crippen molar-refractivity contribution >= 4 is 5.91 Å². The van der Waals surface area contributed by atoms with E-state index < -0.39 is 0 Å². The number of nitrogens with one attached hydrogen (secondary N) is 1. The lowest BCUT2D eigenvalue weighted by Crippen LogP contribution is -2.24. The minimum Gasteiger partial charge on any atom is -0.352 e. The highest BCUT2D eigenvalue weighted by Gasteiger charge is 2.00. The van der Waals surface area contributed by atoms with Gasteiger partial charge in [-0.05, 0) is 29.5 Å². The summed E-state index contributed by atoms with van der Waals surface area (Å²) in [6.45, 7) is 0.960. The summed E-state index contributed by atoms with van der Waals surface area (Å²) in [5.74, 6) is 0.00524. The van der Waals surface area contributed by atoms with Crippen molar-refractivity contribution in [3.05, 3.63) is 71.3 Å². The summed E-state index contributed by atoms with van der Waals surface area (Å²) < 4.78 is 0. The van der Waals surface area contributed by atoms with Gasteiger partial charge < -0.3 is 11.1 Å². The molecule has 2 aromatic rings. The van der Waals surface area contributed by atoms with Crippen molar-refractivity contribution in [2.75, 3.05) is 6.54 Å². The van der Waals surface area contributed by atoms with Gasteiger partial charge in [-0.3, -0.25) is 4.79 Å². The molecule has 2 aromatic carbocycles. The van der Waals surface area contributed by atoms with E-state index in [1.54, 1.807) is 0 Å². The molecule has 0 radical (unpaired) electrons. The first-order valence-corrected chi connectivity index (χ1v) is 7.36. The number of hydrogen-bond acceptors (Lipinski definition) is 2. The van der Waals surface area contributed by atoms with Crippen LogP contribution in [0.1, 0.15) is 23.1 Å². The number of hydrogen-bond donors (Lipinski definition) is 2. The van der Waals surface area contributed by atoms with Crippen LogP contribution in [0.2, 0.25) is 0 Å². The highest BCUT2D eigenvalue weighted by atomic mass is 16.1. The van der Waals surface area contributed by atoms with Gasteiger partial charge in [-0.1, -0.05) is 54.6 Å². The van der Waals surface area contributed by atoms with E-state index in [1.165, 1.54) is 11.1 Å². The smallest absolute Gasteiger partial charge is 0.221 e. The van der Waals surface area contributed by atoms with Crippen molar-refractivity contribution in [1.82, 2.24) is 5.32 Å². The lowest BCUT2D eigenvalue weighted by molar-refractivity contribution is -0.121. The Hall–Kier alpha value is -2.13. The molecule has 1 amide bonds. The molecule has 110 valence electrons. The van der Waals surface area contributed by atoms with Gasteiger partial charge in [0, 0.05) is 19.5 Å². The Labute approximate surface area is 126 Å². The van der Waals surface area contributed by atoms with E-state index >= 15 is 0 Å². The van der Waals surface area contributed by atoms with Crippen molar-refractivity contribution in [1.29, 1.82) is 0 Å². The molecule has 0 saturated carbocycles. The van der Waals surface area contributed by atoms with Gasteiger partial charge in [0.2, 0.25) is 5.91 Å². The van der Waals surface area contributed by atoms with Crippen LogP contribution >= 0.6 is 0 Å². The van der Waals surface area contributed by atoms with Gasteiger partial charge in [0.05, 0.1) is 0 Å². The van der Waals surface area contributed by atoms with Crippen LogP contribution in [0.15, 0.2) is 54.6 Å². The molecule has 3 heteroatoms. The molecule has 0 aliphatic heterocycles. The fraction of sp³-hybridized carbons (Fsp3) is 0.278. The Morgan fingerprint density at radius 2 is 1.43 bits per heavy atom. The fourth-order valence-electron chi connectivity index (χ4n) is 2.18. The molecule has 0 aliphatic rings. The predicted octanol–water partition coefficient (Wildman–Crippen LogP) is 2.44. The maximum absolute atomic E-state index is 11.4. The summed E-state index contributed by atoms with van der Waals surface area (Å²) in [7, 11) is 0. The van der Waals surface area contributed by atoms with Crippen molar-refractivity contribution in [2.24, 2.45) is 5.73 Å². The third kappa shape index (κ3) is 5.40. The second-order valence-electron chi connectivity index (χ2n) is 5.12. The number of nitrogens with two attached hydrogens (primary N) is 1. The molecule has 0 aromatic heterocycles. The summed E-state index contributed by atoms with van der Waals surface area (Å²) in [5, 5.41) is 2.86. The predicted molar refractivity (Wildman–Crippen MR) is 85.8 cm³/mol. The van der Waals surface area contributed by atoms with E-state index in [0.717, 1.165) is 18.4 Å². The van der Waals surface area contributed by atoms with Crippen LogP contribution in [0.5, 0.6) is 0 Å². The Morgan fingerprint density at radius 3 is 2.05 bits per heavy atom. The number of amides is 1. The molecule has 0 bridgehead atoms. The number of carbonyl (C=O) groups excluding carboxylic acids is 1. The van der Waals surface area contributed by atoms with Crippen LogP contribution in [0.4, 0.5) is 0 Å². The zero-order chi connectivity index (χ0) is 14.9. The lowest BCUT2D eigenvalue weighted by Gasteiger charge is -2.06. The molecule has 0 unspecified atom stereocenters. The minimum absolute atomic E-state index is 0.00524. The van der Waals surface area contributed by atoms with Crippen molar-refractivity contribution < 1.29 is 4.79 Å². The molecule has 3 N–H and O–H groups in total. The van der Waals surface area contributed by atoms with Crippen LogP contribution in [0, 0.1) is 0 Å². The molecule has 0 saturated heterocycles. The molecule has 0 fully saturated rings. The Bertz CT molecular complexity index is 549. The summed E-state index contributed by atoms with van der Waals surface area (Å²) in [4.78, 5) is 11.4. The summed E-state index contributed by atoms with van der Waals surface area (Å²) >= 11 is 0. The molecule has 2 rings (SSSR count). The minimum atomic E-state index is 0.00524. The monoisotopic (exact) mass is 282 g/mol. The van der Waals surface area contributed by atoms with Gasteiger partial charge >= 0.3 is 0 Å². The number of rotatable bonds is 7. The quantitative estimate of drug-likeness (QED) is 0.819. The number of benzene rings is 2. The van der Waals surface area contributed by atoms with E-state index in [1.807, 2.05) is 6.07 Å². The second kappa shape index (κ2) is 8.22. The Balaban J connectivity index is 1.80. The normalized spacial score (nSPS) is 10.3. The summed E-state index contributed by atoms with van der Waals surface area (Å²) in [6, 6.07) is 18.9. The third-order valence-electron chi connectivity index (χ3n) is 3.43. The summed E-state index contributed by atoms with van der Waals surface area (Å²) in [5.41, 5.74) is 9.13. The van der Waals surface area contributed by atoms with Gasteiger partial charge in [0.25, 0.3) is 0 Å². The molecule has 0 spiro atoms. The van der Waals surface area contributed by atoms with Crippen LogP contribution < -0.4 is 11.1 Å². The van der Waals surface area contributed by atoms with E-state index in [0.29, 0.717) is 19.5 Å². The molecule has 0 heterocycles. The fourth-order valence-corrected chi connectivity index (χ4v) is 2.18. The van der Waals surface area contributed by atoms with E-state index in [-0.39, 0.29) is 5.91 Å². The van der Waals surface area contributed by atoms with Gasteiger partial charge in [-0.2, -0.15) is 0 Å². The molecule has 3 nitrogen and oxygen atoms in total. The number of aryl methyl sites for hydroxylation is 2.